The van der Waals surface area contributed by atoms with E-state index in [0.717, 1.165) is 45.6 Å². The Bertz CT molecular complexity index is 333. The van der Waals surface area contributed by atoms with E-state index in [9.17, 15) is 5.11 Å². The van der Waals surface area contributed by atoms with Crippen molar-refractivity contribution < 1.29 is 14.6 Å². The Labute approximate surface area is 122 Å². The fourth-order valence-electron chi connectivity index (χ4n) is 4.26. The smallest absolute Gasteiger partial charge is 0.0940 e. The lowest BCUT2D eigenvalue weighted by atomic mass is 9.76. The number of hydrogen-bond donors (Lipinski definition) is 1. The quantitative estimate of drug-likeness (QED) is 0.858. The summed E-state index contributed by atoms with van der Waals surface area (Å²) in [5.74, 6) is 0.334. The molecule has 0 amide bonds. The summed E-state index contributed by atoms with van der Waals surface area (Å²) in [6, 6.07) is 0. The van der Waals surface area contributed by atoms with Gasteiger partial charge in [-0.3, -0.25) is 4.90 Å². The van der Waals surface area contributed by atoms with E-state index >= 15 is 0 Å². The van der Waals surface area contributed by atoms with Crippen molar-refractivity contribution in [1.82, 2.24) is 4.90 Å². The van der Waals surface area contributed by atoms with Crippen LogP contribution in [0.2, 0.25) is 0 Å². The van der Waals surface area contributed by atoms with Crippen LogP contribution in [0.25, 0.3) is 0 Å². The zero-order valence-corrected chi connectivity index (χ0v) is 12.9. The molecule has 0 aromatic heterocycles. The molecular formula is C16H29NO3. The Balaban J connectivity index is 1.67. The van der Waals surface area contributed by atoms with Gasteiger partial charge in [-0.2, -0.15) is 0 Å². The molecule has 3 fully saturated rings. The summed E-state index contributed by atoms with van der Waals surface area (Å²) in [7, 11) is 0. The Morgan fingerprint density at radius 1 is 1.25 bits per heavy atom. The highest BCUT2D eigenvalue weighted by Gasteiger charge is 2.47. The molecule has 0 aliphatic carbocycles. The van der Waals surface area contributed by atoms with Crippen molar-refractivity contribution in [3.8, 4) is 0 Å². The fraction of sp³-hybridized carbons (Fsp3) is 1.00. The molecule has 3 atom stereocenters. The van der Waals surface area contributed by atoms with Crippen LogP contribution >= 0.6 is 0 Å². The van der Waals surface area contributed by atoms with Crippen LogP contribution in [0.15, 0.2) is 0 Å². The first-order chi connectivity index (χ1) is 9.54. The molecule has 0 radical (unpaired) electrons. The van der Waals surface area contributed by atoms with E-state index in [1.54, 1.807) is 0 Å². The second-order valence-electron chi connectivity index (χ2n) is 7.38. The van der Waals surface area contributed by atoms with E-state index in [0.29, 0.717) is 12.5 Å². The van der Waals surface area contributed by atoms with Gasteiger partial charge in [0, 0.05) is 25.2 Å². The van der Waals surface area contributed by atoms with Crippen LogP contribution in [0.3, 0.4) is 0 Å². The number of nitrogens with zero attached hydrogens (tertiary/aromatic N) is 1. The van der Waals surface area contributed by atoms with Gasteiger partial charge in [-0.15, -0.1) is 0 Å². The first-order valence-electron chi connectivity index (χ1n) is 8.18. The topological polar surface area (TPSA) is 41.9 Å². The van der Waals surface area contributed by atoms with Gasteiger partial charge in [-0.05, 0) is 58.5 Å². The van der Waals surface area contributed by atoms with Crippen LogP contribution < -0.4 is 0 Å². The minimum absolute atomic E-state index is 0.106. The summed E-state index contributed by atoms with van der Waals surface area (Å²) in [5, 5.41) is 11.0. The molecule has 3 aliphatic heterocycles. The lowest BCUT2D eigenvalue weighted by Crippen LogP contribution is -2.56. The van der Waals surface area contributed by atoms with E-state index in [2.05, 4.69) is 18.7 Å². The van der Waals surface area contributed by atoms with E-state index < -0.39 is 0 Å². The summed E-state index contributed by atoms with van der Waals surface area (Å²) < 4.78 is 11.5. The molecule has 3 saturated heterocycles. The van der Waals surface area contributed by atoms with Crippen molar-refractivity contribution in [3.63, 3.8) is 0 Å². The van der Waals surface area contributed by atoms with Gasteiger partial charge in [0.1, 0.15) is 0 Å². The molecule has 1 spiro atoms. The zero-order valence-electron chi connectivity index (χ0n) is 12.9. The minimum Gasteiger partial charge on any atom is -0.391 e. The van der Waals surface area contributed by atoms with Crippen molar-refractivity contribution >= 4 is 0 Å². The van der Waals surface area contributed by atoms with Crippen LogP contribution in [0.4, 0.5) is 0 Å². The monoisotopic (exact) mass is 283 g/mol. The normalized spacial score (nSPS) is 37.6. The van der Waals surface area contributed by atoms with Crippen molar-refractivity contribution in [2.24, 2.45) is 5.92 Å². The van der Waals surface area contributed by atoms with Crippen LogP contribution in [-0.4, -0.2) is 60.2 Å². The molecule has 1 N–H and O–H groups in total. The number of aliphatic hydroxyl groups is 1. The SMILES string of the molecule is CC(C)(C(O)C1CCOC2(CCOC2)C1)N1CCCC1. The number of aliphatic hydroxyl groups excluding tert-OH is 1. The van der Waals surface area contributed by atoms with E-state index in [1.165, 1.54) is 12.8 Å². The maximum Gasteiger partial charge on any atom is 0.0940 e. The molecule has 0 aromatic rings. The first kappa shape index (κ1) is 14.8. The number of hydrogen-bond acceptors (Lipinski definition) is 4. The van der Waals surface area contributed by atoms with Crippen molar-refractivity contribution in [3.05, 3.63) is 0 Å². The van der Waals surface area contributed by atoms with Gasteiger partial charge < -0.3 is 14.6 Å². The molecular weight excluding hydrogens is 254 g/mol. The molecule has 0 bridgehead atoms. The summed E-state index contributed by atoms with van der Waals surface area (Å²) in [6.07, 6.45) is 5.16. The third-order valence-electron chi connectivity index (χ3n) is 5.69. The van der Waals surface area contributed by atoms with Gasteiger partial charge in [0.05, 0.1) is 18.3 Å². The lowest BCUT2D eigenvalue weighted by molar-refractivity contribution is -0.135. The minimum atomic E-state index is -0.276. The van der Waals surface area contributed by atoms with Crippen molar-refractivity contribution in [1.29, 1.82) is 0 Å². The zero-order chi connectivity index (χ0) is 14.2. The first-order valence-corrected chi connectivity index (χ1v) is 8.18. The second kappa shape index (κ2) is 5.56. The Kier molecular flexibility index (Phi) is 4.10. The Morgan fingerprint density at radius 2 is 2.00 bits per heavy atom. The molecule has 4 nitrogen and oxygen atoms in total. The molecule has 0 saturated carbocycles. The summed E-state index contributed by atoms with van der Waals surface area (Å²) in [5.41, 5.74) is -0.232. The number of rotatable bonds is 3. The summed E-state index contributed by atoms with van der Waals surface area (Å²) in [6.45, 7) is 8.94. The highest BCUT2D eigenvalue weighted by atomic mass is 16.6. The summed E-state index contributed by atoms with van der Waals surface area (Å²) in [4.78, 5) is 2.46. The van der Waals surface area contributed by atoms with Gasteiger partial charge >= 0.3 is 0 Å². The second-order valence-corrected chi connectivity index (χ2v) is 7.38. The maximum absolute atomic E-state index is 11.0. The molecule has 3 heterocycles. The third kappa shape index (κ3) is 2.63. The molecule has 116 valence electrons. The molecule has 4 heteroatoms. The lowest BCUT2D eigenvalue weighted by Gasteiger charge is -2.46. The van der Waals surface area contributed by atoms with Crippen molar-refractivity contribution in [2.45, 2.75) is 63.2 Å². The molecule has 3 aliphatic rings. The van der Waals surface area contributed by atoms with Crippen LogP contribution in [-0.2, 0) is 9.47 Å². The molecule has 0 aromatic carbocycles. The average molecular weight is 283 g/mol. The van der Waals surface area contributed by atoms with Gasteiger partial charge in [-0.25, -0.2) is 0 Å². The predicted molar refractivity (Wildman–Crippen MR) is 77.7 cm³/mol. The van der Waals surface area contributed by atoms with Gasteiger partial charge in [0.15, 0.2) is 0 Å². The summed E-state index contributed by atoms with van der Waals surface area (Å²) >= 11 is 0. The number of ether oxygens (including phenoxy) is 2. The molecule has 3 rings (SSSR count). The van der Waals surface area contributed by atoms with Crippen LogP contribution in [0.5, 0.6) is 0 Å². The highest BCUT2D eigenvalue weighted by Crippen LogP contribution is 2.40. The predicted octanol–water partition coefficient (Wildman–Crippen LogP) is 1.81. The van der Waals surface area contributed by atoms with E-state index in [1.807, 2.05) is 0 Å². The van der Waals surface area contributed by atoms with E-state index in [-0.39, 0.29) is 17.2 Å². The average Bonchev–Trinajstić information content (AvgIpc) is 3.10. The van der Waals surface area contributed by atoms with Gasteiger partial charge in [0.25, 0.3) is 0 Å². The fourth-order valence-corrected chi connectivity index (χ4v) is 4.26. The van der Waals surface area contributed by atoms with E-state index in [4.69, 9.17) is 9.47 Å². The van der Waals surface area contributed by atoms with Crippen LogP contribution in [0.1, 0.15) is 46.0 Å². The standard InChI is InChI=1S/C16H29NO3/c1-15(2,17-7-3-4-8-17)14(18)13-5-9-20-16(11-13)6-10-19-12-16/h13-14,18H,3-12H2,1-2H3. The Morgan fingerprint density at radius 3 is 2.65 bits per heavy atom. The third-order valence-corrected chi connectivity index (χ3v) is 5.69. The molecule has 20 heavy (non-hydrogen) atoms. The van der Waals surface area contributed by atoms with Gasteiger partial charge in [0.2, 0.25) is 0 Å². The Hall–Kier alpha value is -0.160. The van der Waals surface area contributed by atoms with Crippen molar-refractivity contribution in [2.75, 3.05) is 32.9 Å². The van der Waals surface area contributed by atoms with Gasteiger partial charge in [-0.1, -0.05) is 0 Å². The number of likely N-dealkylation sites (tertiary alicyclic amines) is 1. The highest BCUT2D eigenvalue weighted by molar-refractivity contribution is 4.99. The largest absolute Gasteiger partial charge is 0.391 e. The maximum atomic E-state index is 11.0. The van der Waals surface area contributed by atoms with Crippen LogP contribution in [0, 0.1) is 5.92 Å². The molecule has 3 unspecified atom stereocenters.